The van der Waals surface area contributed by atoms with Crippen molar-refractivity contribution in [2.45, 2.75) is 40.0 Å². The lowest BCUT2D eigenvalue weighted by molar-refractivity contribution is -0.142. The molecule has 4 heteroatoms. The highest BCUT2D eigenvalue weighted by atomic mass is 16.2. The van der Waals surface area contributed by atoms with Crippen LogP contribution in [0.15, 0.2) is 54.6 Å². The van der Waals surface area contributed by atoms with Gasteiger partial charge >= 0.3 is 0 Å². The van der Waals surface area contributed by atoms with E-state index in [0.717, 1.165) is 0 Å². The highest BCUT2D eigenvalue weighted by Gasteiger charge is 2.42. The van der Waals surface area contributed by atoms with Gasteiger partial charge in [-0.25, -0.2) is 0 Å². The Kier molecular flexibility index (Phi) is 6.73. The zero-order valence-electron chi connectivity index (χ0n) is 17.8. The van der Waals surface area contributed by atoms with E-state index in [9.17, 15) is 9.59 Å². The number of nitrogens with one attached hydrogen (secondary N) is 1. The summed E-state index contributed by atoms with van der Waals surface area (Å²) in [5.74, 6) is 0.289. The summed E-state index contributed by atoms with van der Waals surface area (Å²) in [6, 6.07) is 18.8. The Hall–Kier alpha value is -2.62. The minimum Gasteiger partial charge on any atom is -0.356 e. The lowest BCUT2D eigenvalue weighted by Gasteiger charge is -2.41. The molecule has 2 amide bonds. The van der Waals surface area contributed by atoms with Gasteiger partial charge in [0, 0.05) is 25.6 Å². The minimum absolute atomic E-state index is 0.00507. The minimum atomic E-state index is -0.459. The van der Waals surface area contributed by atoms with E-state index < -0.39 is 5.41 Å². The summed E-state index contributed by atoms with van der Waals surface area (Å²) >= 11 is 0. The van der Waals surface area contributed by atoms with Crippen LogP contribution in [0, 0.1) is 11.3 Å². The molecule has 1 heterocycles. The smallest absolute Gasteiger partial charge is 0.226 e. The highest BCUT2D eigenvalue weighted by molar-refractivity contribution is 5.84. The molecule has 154 valence electrons. The summed E-state index contributed by atoms with van der Waals surface area (Å²) in [7, 11) is 0. The van der Waals surface area contributed by atoms with E-state index >= 15 is 0 Å². The number of amides is 2. The third kappa shape index (κ3) is 4.87. The number of hydrogen-bond acceptors (Lipinski definition) is 2. The summed E-state index contributed by atoms with van der Waals surface area (Å²) in [5.41, 5.74) is 3.06. The summed E-state index contributed by atoms with van der Waals surface area (Å²) in [4.78, 5) is 27.4. The molecule has 1 saturated heterocycles. The van der Waals surface area contributed by atoms with E-state index in [0.29, 0.717) is 38.9 Å². The number of rotatable bonds is 6. The Bertz CT molecular complexity index is 837. The predicted molar refractivity (Wildman–Crippen MR) is 117 cm³/mol. The second-order valence-electron chi connectivity index (χ2n) is 8.36. The molecule has 1 aliphatic rings. The average molecular weight is 393 g/mol. The van der Waals surface area contributed by atoms with E-state index in [-0.39, 0.29) is 17.7 Å². The first-order chi connectivity index (χ1) is 13.9. The van der Waals surface area contributed by atoms with Gasteiger partial charge in [0.1, 0.15) is 0 Å². The van der Waals surface area contributed by atoms with Gasteiger partial charge in [0.2, 0.25) is 11.8 Å². The van der Waals surface area contributed by atoms with Crippen molar-refractivity contribution < 1.29 is 9.59 Å². The molecular formula is C25H32N2O2. The predicted octanol–water partition coefficient (Wildman–Crippen LogP) is 4.30. The number of benzene rings is 2. The molecule has 1 fully saturated rings. The van der Waals surface area contributed by atoms with E-state index in [1.165, 1.54) is 16.7 Å². The fourth-order valence-corrected chi connectivity index (χ4v) is 4.23. The molecule has 1 N–H and O–H groups in total. The molecule has 0 radical (unpaired) electrons. The summed E-state index contributed by atoms with van der Waals surface area (Å²) in [6.07, 6.45) is 2.10. The maximum Gasteiger partial charge on any atom is 0.226 e. The van der Waals surface area contributed by atoms with Crippen LogP contribution in [-0.2, 0) is 16.0 Å². The van der Waals surface area contributed by atoms with Crippen LogP contribution in [-0.4, -0.2) is 36.3 Å². The SMILES string of the molecule is CCNC(=O)C1(Cc2cccc(-c3ccccc3)c2)CCN(C(=O)C(C)C)CC1. The highest BCUT2D eigenvalue weighted by Crippen LogP contribution is 2.37. The Labute approximate surface area is 174 Å². The fourth-order valence-electron chi connectivity index (χ4n) is 4.23. The van der Waals surface area contributed by atoms with Gasteiger partial charge in [-0.2, -0.15) is 0 Å². The zero-order chi connectivity index (χ0) is 20.9. The molecule has 0 atom stereocenters. The number of nitrogens with zero attached hydrogens (tertiary/aromatic N) is 1. The molecule has 3 rings (SSSR count). The van der Waals surface area contributed by atoms with Crippen LogP contribution in [0.1, 0.15) is 39.2 Å². The van der Waals surface area contributed by atoms with E-state index in [1.807, 2.05) is 43.9 Å². The molecule has 0 aromatic heterocycles. The van der Waals surface area contributed by atoms with Crippen molar-refractivity contribution in [3.05, 3.63) is 60.2 Å². The van der Waals surface area contributed by atoms with Crippen LogP contribution in [0.25, 0.3) is 11.1 Å². The molecule has 29 heavy (non-hydrogen) atoms. The Morgan fingerprint density at radius 2 is 1.66 bits per heavy atom. The van der Waals surface area contributed by atoms with Gasteiger partial charge in [0.05, 0.1) is 5.41 Å². The van der Waals surface area contributed by atoms with Crippen molar-refractivity contribution in [2.75, 3.05) is 19.6 Å². The molecule has 0 spiro atoms. The van der Waals surface area contributed by atoms with E-state index in [1.54, 1.807) is 0 Å². The summed E-state index contributed by atoms with van der Waals surface area (Å²) in [5, 5.41) is 3.05. The number of carbonyl (C=O) groups excluding carboxylic acids is 2. The standard InChI is InChI=1S/C25H32N2O2/c1-4-26-24(29)25(13-15-27(16-14-25)23(28)19(2)3)18-20-9-8-12-22(17-20)21-10-6-5-7-11-21/h5-12,17,19H,4,13-16,18H2,1-3H3,(H,26,29). The van der Waals surface area contributed by atoms with Crippen LogP contribution in [0.2, 0.25) is 0 Å². The van der Waals surface area contributed by atoms with Gasteiger partial charge in [-0.3, -0.25) is 9.59 Å². The Morgan fingerprint density at radius 1 is 1.00 bits per heavy atom. The topological polar surface area (TPSA) is 49.4 Å². The van der Waals surface area contributed by atoms with Crippen molar-refractivity contribution in [2.24, 2.45) is 11.3 Å². The summed E-state index contributed by atoms with van der Waals surface area (Å²) in [6.45, 7) is 7.74. The van der Waals surface area contributed by atoms with Crippen molar-refractivity contribution in [1.29, 1.82) is 0 Å². The third-order valence-electron chi connectivity index (χ3n) is 5.92. The lowest BCUT2D eigenvalue weighted by Crippen LogP contribution is -2.51. The maximum absolute atomic E-state index is 13.1. The first-order valence-electron chi connectivity index (χ1n) is 10.7. The van der Waals surface area contributed by atoms with Gasteiger partial charge < -0.3 is 10.2 Å². The average Bonchev–Trinajstić information content (AvgIpc) is 2.74. The quantitative estimate of drug-likeness (QED) is 0.797. The molecule has 4 nitrogen and oxygen atoms in total. The van der Waals surface area contributed by atoms with Crippen LogP contribution in [0.3, 0.4) is 0 Å². The van der Waals surface area contributed by atoms with Gasteiger partial charge in [0.25, 0.3) is 0 Å². The van der Waals surface area contributed by atoms with Crippen LogP contribution in [0.5, 0.6) is 0 Å². The number of piperidine rings is 1. The zero-order valence-corrected chi connectivity index (χ0v) is 17.8. The monoisotopic (exact) mass is 392 g/mol. The van der Waals surface area contributed by atoms with Gasteiger partial charge in [-0.15, -0.1) is 0 Å². The van der Waals surface area contributed by atoms with Crippen molar-refractivity contribution in [3.63, 3.8) is 0 Å². The van der Waals surface area contributed by atoms with Gasteiger partial charge in [-0.1, -0.05) is 68.4 Å². The second kappa shape index (κ2) is 9.25. The van der Waals surface area contributed by atoms with E-state index in [4.69, 9.17) is 0 Å². The van der Waals surface area contributed by atoms with Crippen LogP contribution >= 0.6 is 0 Å². The summed E-state index contributed by atoms with van der Waals surface area (Å²) < 4.78 is 0. The molecule has 2 aromatic rings. The first kappa shape index (κ1) is 21.1. The molecule has 2 aromatic carbocycles. The second-order valence-corrected chi connectivity index (χ2v) is 8.36. The van der Waals surface area contributed by atoms with Crippen LogP contribution < -0.4 is 5.32 Å². The van der Waals surface area contributed by atoms with E-state index in [2.05, 4.69) is 41.7 Å². The molecule has 0 bridgehead atoms. The molecular weight excluding hydrogens is 360 g/mol. The maximum atomic E-state index is 13.1. The third-order valence-corrected chi connectivity index (χ3v) is 5.92. The molecule has 1 aliphatic heterocycles. The first-order valence-corrected chi connectivity index (χ1v) is 10.7. The van der Waals surface area contributed by atoms with Crippen LogP contribution in [0.4, 0.5) is 0 Å². The number of carbonyl (C=O) groups is 2. The Morgan fingerprint density at radius 3 is 2.28 bits per heavy atom. The van der Waals surface area contributed by atoms with Gasteiger partial charge in [-0.05, 0) is 42.9 Å². The number of hydrogen-bond donors (Lipinski definition) is 1. The normalized spacial score (nSPS) is 15.9. The van der Waals surface area contributed by atoms with Crippen molar-refractivity contribution in [1.82, 2.24) is 10.2 Å². The lowest BCUT2D eigenvalue weighted by atomic mass is 9.72. The molecule has 0 saturated carbocycles. The fraction of sp³-hybridized carbons (Fsp3) is 0.440. The Balaban J connectivity index is 1.82. The van der Waals surface area contributed by atoms with Crippen molar-refractivity contribution >= 4 is 11.8 Å². The molecule has 0 unspecified atom stereocenters. The molecule has 0 aliphatic carbocycles. The van der Waals surface area contributed by atoms with Gasteiger partial charge in [0.15, 0.2) is 0 Å². The van der Waals surface area contributed by atoms with Crippen molar-refractivity contribution in [3.8, 4) is 11.1 Å². The largest absolute Gasteiger partial charge is 0.356 e. The number of likely N-dealkylation sites (tertiary alicyclic amines) is 1.